The average molecular weight is 493 g/mol. The number of esters is 1. The molecule has 3 rings (SSSR count). The maximum absolute atomic E-state index is 15.8. The molecule has 1 N–H and O–H groups in total. The number of alkyl halides is 1. The Hall–Kier alpha value is -3.03. The van der Waals surface area contributed by atoms with E-state index in [1.807, 2.05) is 6.92 Å². The molecule has 1 saturated carbocycles. The van der Waals surface area contributed by atoms with E-state index in [0.717, 1.165) is 31.4 Å². The summed E-state index contributed by atoms with van der Waals surface area (Å²) in [5.74, 6) is -6.18. The van der Waals surface area contributed by atoms with E-state index in [0.29, 0.717) is 24.8 Å². The Morgan fingerprint density at radius 1 is 1.03 bits per heavy atom. The largest absolute Gasteiger partial charge is 0.491 e. The van der Waals surface area contributed by atoms with Crippen molar-refractivity contribution in [3.63, 3.8) is 0 Å². The zero-order valence-corrected chi connectivity index (χ0v) is 20.0. The Kier molecular flexibility index (Phi) is 8.81. The first-order valence-corrected chi connectivity index (χ1v) is 12.1. The number of hydrogen-bond donors (Lipinski definition) is 1. The molecule has 2 atom stereocenters. The van der Waals surface area contributed by atoms with Gasteiger partial charge in [0, 0.05) is 5.92 Å². The van der Waals surface area contributed by atoms with E-state index in [9.17, 15) is 23.5 Å². The van der Waals surface area contributed by atoms with Crippen LogP contribution in [-0.2, 0) is 4.79 Å². The topological polar surface area (TPSA) is 72.8 Å². The molecule has 0 saturated heterocycles. The van der Waals surface area contributed by atoms with E-state index in [4.69, 9.17) is 9.47 Å². The first kappa shape index (κ1) is 26.6. The van der Waals surface area contributed by atoms with Gasteiger partial charge in [-0.15, -0.1) is 0 Å². The summed E-state index contributed by atoms with van der Waals surface area (Å²) in [5.41, 5.74) is -2.16. The van der Waals surface area contributed by atoms with Crippen LogP contribution < -0.4 is 9.47 Å². The van der Waals surface area contributed by atoms with Gasteiger partial charge in [0.05, 0.1) is 12.2 Å². The van der Waals surface area contributed by atoms with Gasteiger partial charge in [-0.2, -0.15) is 4.39 Å². The van der Waals surface area contributed by atoms with Crippen molar-refractivity contribution in [3.05, 3.63) is 59.2 Å². The molecule has 0 bridgehead atoms. The summed E-state index contributed by atoms with van der Waals surface area (Å²) < 4.78 is 54.3. The lowest BCUT2D eigenvalue weighted by Gasteiger charge is -2.35. The van der Waals surface area contributed by atoms with Crippen LogP contribution in [0.4, 0.5) is 13.2 Å². The monoisotopic (exact) mass is 492 g/mol. The first-order chi connectivity index (χ1) is 16.7. The molecule has 8 heteroatoms. The number of carboxylic acid groups (broad SMARTS) is 1. The standard InChI is InChI=1S/C27H31F3O5/c1-3-17(16-27(30,26(32)33)19-8-6-5-7-9-19)18-10-12-20(13-11-18)35-25(31)21-14-15-22(34-4-2)24(29)23(21)28/h10-15,17,19H,3-9,16H2,1-2H3,(H,32,33)/t17?,27-/m0/s1. The lowest BCUT2D eigenvalue weighted by molar-refractivity contribution is -0.157. The molecule has 1 fully saturated rings. The third-order valence-electron chi connectivity index (χ3n) is 6.77. The maximum Gasteiger partial charge on any atom is 0.346 e. The van der Waals surface area contributed by atoms with Crippen molar-refractivity contribution in [2.75, 3.05) is 6.61 Å². The van der Waals surface area contributed by atoms with Crippen molar-refractivity contribution in [2.24, 2.45) is 5.92 Å². The third kappa shape index (κ3) is 5.97. The van der Waals surface area contributed by atoms with E-state index in [1.165, 1.54) is 12.1 Å². The average Bonchev–Trinajstić information content (AvgIpc) is 2.86. The highest BCUT2D eigenvalue weighted by Crippen LogP contribution is 2.42. The molecule has 35 heavy (non-hydrogen) atoms. The molecular weight excluding hydrogens is 461 g/mol. The molecule has 0 heterocycles. The van der Waals surface area contributed by atoms with Crippen LogP contribution in [0.1, 0.15) is 80.6 Å². The highest BCUT2D eigenvalue weighted by molar-refractivity contribution is 5.91. The van der Waals surface area contributed by atoms with Crippen LogP contribution in [0.2, 0.25) is 0 Å². The SMILES string of the molecule is CCOc1ccc(C(=O)Oc2ccc(C(CC)C[C@@](F)(C(=O)O)C3CCCCC3)cc2)c(F)c1F. The number of hydrogen-bond acceptors (Lipinski definition) is 4. The minimum Gasteiger partial charge on any atom is -0.491 e. The lowest BCUT2D eigenvalue weighted by atomic mass is 9.72. The lowest BCUT2D eigenvalue weighted by Crippen LogP contribution is -2.43. The van der Waals surface area contributed by atoms with Crippen molar-refractivity contribution >= 4 is 11.9 Å². The number of carbonyl (C=O) groups excluding carboxylic acids is 1. The quantitative estimate of drug-likeness (QED) is 0.290. The number of halogens is 3. The van der Waals surface area contributed by atoms with Crippen LogP contribution in [-0.4, -0.2) is 29.3 Å². The molecule has 0 radical (unpaired) electrons. The molecular formula is C27H31F3O5. The van der Waals surface area contributed by atoms with Crippen molar-refractivity contribution in [2.45, 2.75) is 70.4 Å². The molecule has 0 aromatic heterocycles. The summed E-state index contributed by atoms with van der Waals surface area (Å²) in [6, 6.07) is 8.46. The van der Waals surface area contributed by atoms with Gasteiger partial charge in [-0.1, -0.05) is 38.3 Å². The number of carboxylic acids is 1. The zero-order chi connectivity index (χ0) is 25.6. The second kappa shape index (κ2) is 11.6. The van der Waals surface area contributed by atoms with Gasteiger partial charge in [0.25, 0.3) is 0 Å². The number of benzene rings is 2. The predicted molar refractivity (Wildman–Crippen MR) is 125 cm³/mol. The molecule has 2 aromatic rings. The van der Waals surface area contributed by atoms with Crippen LogP contribution in [0.15, 0.2) is 36.4 Å². The van der Waals surface area contributed by atoms with E-state index in [2.05, 4.69) is 0 Å². The van der Waals surface area contributed by atoms with Crippen molar-refractivity contribution in [1.29, 1.82) is 0 Å². The summed E-state index contributed by atoms with van der Waals surface area (Å²) in [4.78, 5) is 24.3. The summed E-state index contributed by atoms with van der Waals surface area (Å²) >= 11 is 0. The molecule has 0 spiro atoms. The highest BCUT2D eigenvalue weighted by Gasteiger charge is 2.48. The minimum atomic E-state index is -2.30. The minimum absolute atomic E-state index is 0.0966. The Morgan fingerprint density at radius 2 is 1.69 bits per heavy atom. The Morgan fingerprint density at radius 3 is 2.26 bits per heavy atom. The van der Waals surface area contributed by atoms with Crippen LogP contribution in [0, 0.1) is 17.6 Å². The molecule has 5 nitrogen and oxygen atoms in total. The second-order valence-corrected chi connectivity index (χ2v) is 8.94. The summed E-state index contributed by atoms with van der Waals surface area (Å²) in [5, 5.41) is 9.72. The molecule has 0 aliphatic heterocycles. The third-order valence-corrected chi connectivity index (χ3v) is 6.77. The van der Waals surface area contributed by atoms with E-state index in [-0.39, 0.29) is 30.4 Å². The number of carbonyl (C=O) groups is 2. The van der Waals surface area contributed by atoms with Gasteiger partial charge in [-0.3, -0.25) is 0 Å². The van der Waals surface area contributed by atoms with Gasteiger partial charge in [-0.25, -0.2) is 18.4 Å². The van der Waals surface area contributed by atoms with Crippen molar-refractivity contribution < 1.29 is 37.3 Å². The van der Waals surface area contributed by atoms with Gasteiger partial charge < -0.3 is 14.6 Å². The maximum atomic E-state index is 15.8. The normalized spacial score (nSPS) is 16.8. The van der Waals surface area contributed by atoms with Gasteiger partial charge >= 0.3 is 11.9 Å². The Bertz CT molecular complexity index is 1030. The predicted octanol–water partition coefficient (Wildman–Crippen LogP) is 6.84. The molecule has 2 aromatic carbocycles. The summed E-state index contributed by atoms with van der Waals surface area (Å²) in [6.07, 6.45) is 4.18. The smallest absolute Gasteiger partial charge is 0.346 e. The van der Waals surface area contributed by atoms with Crippen molar-refractivity contribution in [1.82, 2.24) is 0 Å². The fourth-order valence-corrected chi connectivity index (χ4v) is 4.77. The van der Waals surface area contributed by atoms with Gasteiger partial charge in [-0.05, 0) is 68.4 Å². The fraction of sp³-hybridized carbons (Fsp3) is 0.481. The van der Waals surface area contributed by atoms with Gasteiger partial charge in [0.1, 0.15) is 5.75 Å². The zero-order valence-electron chi connectivity index (χ0n) is 20.0. The van der Waals surface area contributed by atoms with E-state index >= 15 is 4.39 Å². The number of rotatable bonds is 10. The highest BCUT2D eigenvalue weighted by atomic mass is 19.2. The van der Waals surface area contributed by atoms with Crippen molar-refractivity contribution in [3.8, 4) is 11.5 Å². The first-order valence-electron chi connectivity index (χ1n) is 12.1. The Labute approximate surface area is 203 Å². The second-order valence-electron chi connectivity index (χ2n) is 8.94. The van der Waals surface area contributed by atoms with Gasteiger partial charge in [0.2, 0.25) is 11.5 Å². The molecule has 190 valence electrons. The van der Waals surface area contributed by atoms with Crippen LogP contribution in [0.25, 0.3) is 0 Å². The molecule has 1 aliphatic carbocycles. The summed E-state index contributed by atoms with van der Waals surface area (Å²) in [6.45, 7) is 3.63. The van der Waals surface area contributed by atoms with E-state index in [1.54, 1.807) is 19.1 Å². The fourth-order valence-electron chi connectivity index (χ4n) is 4.77. The van der Waals surface area contributed by atoms with Crippen LogP contribution in [0.3, 0.4) is 0 Å². The van der Waals surface area contributed by atoms with Crippen LogP contribution in [0.5, 0.6) is 11.5 Å². The van der Waals surface area contributed by atoms with E-state index < -0.39 is 40.7 Å². The van der Waals surface area contributed by atoms with Gasteiger partial charge in [0.15, 0.2) is 11.6 Å². The Balaban J connectivity index is 1.73. The number of ether oxygens (including phenoxy) is 2. The van der Waals surface area contributed by atoms with Crippen LogP contribution >= 0.6 is 0 Å². The summed E-state index contributed by atoms with van der Waals surface area (Å²) in [7, 11) is 0. The molecule has 0 amide bonds. The molecule has 1 aliphatic rings. The number of aliphatic carboxylic acids is 1. The molecule has 1 unspecified atom stereocenters.